The van der Waals surface area contributed by atoms with E-state index >= 15 is 0 Å². The molecule has 3 heterocycles. The third kappa shape index (κ3) is 16.6. The third-order valence-electron chi connectivity index (χ3n) is 11.3. The second kappa shape index (κ2) is 28.5. The Kier molecular flexibility index (Phi) is 23.2. The number of aromatic nitrogens is 3. The number of carbonyl (C=O) groups excluding carboxylic acids is 2. The lowest BCUT2D eigenvalue weighted by Gasteiger charge is -2.24. The third-order valence-corrected chi connectivity index (χ3v) is 14.7. The minimum Gasteiger partial charge on any atom is -0.494 e. The molecule has 4 aromatic carbocycles. The normalized spacial score (nSPS) is 12.8. The van der Waals surface area contributed by atoms with Gasteiger partial charge in [-0.05, 0) is 177 Å². The molecule has 0 aliphatic rings. The van der Waals surface area contributed by atoms with Gasteiger partial charge >= 0.3 is 0 Å². The Hall–Kier alpha value is -5.30. The average molecular weight is 1390 g/mol. The van der Waals surface area contributed by atoms with E-state index in [9.17, 15) is 38.1 Å². The topological polar surface area (TPSA) is 206 Å². The molecule has 0 spiro atoms. The average Bonchev–Trinajstić information content (AvgIpc) is 3.44. The Morgan fingerprint density at radius 2 is 0.987 bits per heavy atom. The summed E-state index contributed by atoms with van der Waals surface area (Å²) in [6.07, 6.45) is -1.02. The zero-order chi connectivity index (χ0) is 56.8. The van der Waals surface area contributed by atoms with E-state index in [-0.39, 0.29) is 52.5 Å². The first-order valence-electron chi connectivity index (χ1n) is 22.9. The Morgan fingerprint density at radius 1 is 0.571 bits per heavy atom. The van der Waals surface area contributed by atoms with Crippen LogP contribution >= 0.6 is 79.6 Å². The number of pyridine rings is 3. The summed E-state index contributed by atoms with van der Waals surface area (Å²) in [7, 11) is 6.00. The van der Waals surface area contributed by atoms with E-state index in [4.69, 9.17) is 29.4 Å². The van der Waals surface area contributed by atoms with Gasteiger partial charge < -0.3 is 44.7 Å². The summed E-state index contributed by atoms with van der Waals surface area (Å²) in [6, 6.07) is 28.3. The number of aliphatic hydroxyl groups is 3. The number of ether oxygens (including phenoxy) is 5. The van der Waals surface area contributed by atoms with Crippen LogP contribution in [0.2, 0.25) is 0 Å². The zero-order valence-electron chi connectivity index (χ0n) is 42.1. The summed E-state index contributed by atoms with van der Waals surface area (Å²) >= 11 is 15.8. The van der Waals surface area contributed by atoms with Crippen LogP contribution in [-0.4, -0.2) is 93.8 Å². The van der Waals surface area contributed by atoms with Crippen LogP contribution in [0, 0.1) is 17.5 Å². The van der Waals surface area contributed by atoms with Gasteiger partial charge in [0, 0.05) is 34.0 Å². The number of nitrogens with two attached hydrogens (primary N) is 1. The maximum absolute atomic E-state index is 13.7. The molecule has 22 heteroatoms. The van der Waals surface area contributed by atoms with Gasteiger partial charge in [-0.2, -0.15) is 0 Å². The van der Waals surface area contributed by atoms with Crippen molar-refractivity contribution in [1.29, 1.82) is 0 Å². The highest BCUT2D eigenvalue weighted by atomic mass is 79.9. The van der Waals surface area contributed by atoms with Crippen LogP contribution in [0.15, 0.2) is 123 Å². The van der Waals surface area contributed by atoms with Gasteiger partial charge in [0.05, 0.1) is 58.6 Å². The molecule has 0 saturated carbocycles. The fraction of sp³-hybridized carbons (Fsp3) is 0.255. The highest BCUT2D eigenvalue weighted by molar-refractivity contribution is 9.11. The van der Waals surface area contributed by atoms with Gasteiger partial charge in [0.1, 0.15) is 81.5 Å². The molecule has 5 N–H and O–H groups in total. The molecule has 77 heavy (non-hydrogen) atoms. The molecule has 3 unspecified atom stereocenters. The molecule has 3 aromatic heterocycles. The van der Waals surface area contributed by atoms with E-state index in [2.05, 4.69) is 94.6 Å². The van der Waals surface area contributed by atoms with Crippen molar-refractivity contribution in [2.24, 2.45) is 5.73 Å². The first-order valence-corrected chi connectivity index (χ1v) is 27.5. The second-order valence-corrected chi connectivity index (χ2v) is 20.7. The number of hydrogen-bond donors (Lipinski definition) is 4. The van der Waals surface area contributed by atoms with Gasteiger partial charge in [0.15, 0.2) is 23.1 Å². The summed E-state index contributed by atoms with van der Waals surface area (Å²) in [6.45, 7) is 3.12. The van der Waals surface area contributed by atoms with Crippen molar-refractivity contribution in [1.82, 2.24) is 15.0 Å². The predicted molar refractivity (Wildman–Crippen MR) is 305 cm³/mol. The first-order chi connectivity index (χ1) is 36.5. The van der Waals surface area contributed by atoms with E-state index in [0.29, 0.717) is 99.4 Å². The summed E-state index contributed by atoms with van der Waals surface area (Å²) in [5, 5.41) is 31.2. The number of halogens is 8. The van der Waals surface area contributed by atoms with Crippen LogP contribution in [0.3, 0.4) is 0 Å². The molecule has 0 saturated heterocycles. The molecule has 3 atom stereocenters. The van der Waals surface area contributed by atoms with Gasteiger partial charge in [-0.1, -0.05) is 31.9 Å². The molecule has 0 fully saturated rings. The molecule has 7 rings (SSSR count). The lowest BCUT2D eigenvalue weighted by atomic mass is 9.92. The standard InChI is InChI=1S/C26H28BrFN2O6.C15H14Br2FNO2.C14H10Br2FNO2/c1-26(33,11-10-19(31)15-5-7-20(22(13-15)35-3)36-14-24(29)32)23-9-8-21(34-2)25(30-23)16-4-6-18(28)17(27)12-16;1-15(20,8-16)13-6-5-12(21-2)14(19-13)9-3-4-11(18)10(17)7-9;1-20-13-5-4-11(12(19)7-15)18-14(13)8-2-3-10(17)9(16)6-8/h4-9,12-13,24,32-33H,10-11,14,29H2,1-3H3;3-7,20H,8H2,1-2H3;2-6H,7H2,1H3. The Bertz CT molecular complexity index is 3210. The van der Waals surface area contributed by atoms with Crippen LogP contribution in [-0.2, 0) is 11.2 Å². The van der Waals surface area contributed by atoms with Crippen LogP contribution in [0.1, 0.15) is 58.9 Å². The number of nitrogens with zero attached hydrogens (tertiary/aromatic N) is 3. The van der Waals surface area contributed by atoms with Crippen molar-refractivity contribution in [2.75, 3.05) is 45.7 Å². The van der Waals surface area contributed by atoms with E-state index in [0.717, 1.165) is 0 Å². The number of alkyl halides is 2. The van der Waals surface area contributed by atoms with Crippen molar-refractivity contribution >= 4 is 91.2 Å². The highest BCUT2D eigenvalue weighted by Gasteiger charge is 2.29. The molecule has 0 radical (unpaired) electrons. The molecule has 7 aromatic rings. The van der Waals surface area contributed by atoms with Crippen LogP contribution in [0.5, 0.6) is 28.7 Å². The number of benzene rings is 4. The van der Waals surface area contributed by atoms with Crippen molar-refractivity contribution in [3.05, 3.63) is 163 Å². The Morgan fingerprint density at radius 3 is 1.39 bits per heavy atom. The maximum Gasteiger partial charge on any atom is 0.191 e. The van der Waals surface area contributed by atoms with Crippen molar-refractivity contribution in [2.45, 2.75) is 44.1 Å². The fourth-order valence-electron chi connectivity index (χ4n) is 7.04. The highest BCUT2D eigenvalue weighted by Crippen LogP contribution is 2.37. The van der Waals surface area contributed by atoms with Gasteiger partial charge in [-0.25, -0.2) is 28.1 Å². The van der Waals surface area contributed by atoms with Crippen LogP contribution in [0.4, 0.5) is 13.2 Å². The monoisotopic (exact) mass is 1380 g/mol. The number of methoxy groups -OCH3 is 4. The minimum atomic E-state index is -1.43. The number of rotatable bonds is 19. The lowest BCUT2D eigenvalue weighted by Crippen LogP contribution is -2.27. The van der Waals surface area contributed by atoms with Gasteiger partial charge in [-0.3, -0.25) is 9.59 Å². The summed E-state index contributed by atoms with van der Waals surface area (Å²) in [5.41, 5.74) is 7.78. The number of ketones is 2. The van der Waals surface area contributed by atoms with Crippen molar-refractivity contribution in [3.63, 3.8) is 0 Å². The molecular formula is C55H52Br5F3N4O10. The number of carbonyl (C=O) groups is 2. The molecule has 0 aliphatic heterocycles. The van der Waals surface area contributed by atoms with Crippen LogP contribution < -0.4 is 29.4 Å². The first kappa shape index (κ1) is 62.5. The summed E-state index contributed by atoms with van der Waals surface area (Å²) in [4.78, 5) is 37.9. The lowest BCUT2D eigenvalue weighted by molar-refractivity contribution is 0.0397. The molecule has 14 nitrogen and oxygen atoms in total. The van der Waals surface area contributed by atoms with Gasteiger partial charge in [0.2, 0.25) is 0 Å². The molecular weight excluding hydrogens is 1330 g/mol. The summed E-state index contributed by atoms with van der Waals surface area (Å²) in [5.74, 6) is 0.741. The minimum absolute atomic E-state index is 0.0308. The second-order valence-electron chi connectivity index (χ2n) is 17.0. The maximum atomic E-state index is 13.7. The van der Waals surface area contributed by atoms with Crippen molar-refractivity contribution < 1.29 is 61.8 Å². The predicted octanol–water partition coefficient (Wildman–Crippen LogP) is 12.7. The van der Waals surface area contributed by atoms with Crippen molar-refractivity contribution in [3.8, 4) is 62.5 Å². The quantitative estimate of drug-likeness (QED) is 0.0338. The Balaban J connectivity index is 0.000000228. The number of hydrogen-bond acceptors (Lipinski definition) is 14. The zero-order valence-corrected chi connectivity index (χ0v) is 50.1. The molecule has 0 aliphatic carbocycles. The molecule has 0 bridgehead atoms. The largest absolute Gasteiger partial charge is 0.494 e. The van der Waals surface area contributed by atoms with Gasteiger partial charge in [0.25, 0.3) is 0 Å². The fourth-order valence-corrected chi connectivity index (χ4v) is 8.75. The summed E-state index contributed by atoms with van der Waals surface area (Å²) < 4.78 is 68.0. The van der Waals surface area contributed by atoms with Gasteiger partial charge in [-0.15, -0.1) is 0 Å². The van der Waals surface area contributed by atoms with E-state index in [1.807, 2.05) is 0 Å². The van der Waals surface area contributed by atoms with E-state index in [1.165, 1.54) is 45.6 Å². The molecule has 408 valence electrons. The van der Waals surface area contributed by atoms with E-state index in [1.54, 1.807) is 106 Å². The Labute approximate surface area is 485 Å². The van der Waals surface area contributed by atoms with Crippen LogP contribution in [0.25, 0.3) is 33.8 Å². The molecule has 0 amide bonds. The van der Waals surface area contributed by atoms with E-state index < -0.39 is 23.2 Å². The number of Topliss-reactive ketones (excluding diaryl/α,β-unsaturated/α-hetero) is 2. The SMILES string of the molecule is COc1cc(C(=O)CCC(C)(O)c2ccc(OC)c(-c3ccc(F)c(Br)c3)n2)ccc1OCC(N)O.COc1ccc(C(=O)CBr)nc1-c1ccc(F)c(Br)c1.COc1ccc(C(C)(O)CBr)nc1-c1ccc(F)c(Br)c1. The number of aliphatic hydroxyl groups excluding tert-OH is 1. The smallest absolute Gasteiger partial charge is 0.191 e.